The molecule has 3 aromatic rings. The minimum absolute atomic E-state index is 0.0240. The molecule has 0 saturated heterocycles. The van der Waals surface area contributed by atoms with Gasteiger partial charge in [0.25, 0.3) is 0 Å². The van der Waals surface area contributed by atoms with Crippen molar-refractivity contribution in [2.75, 3.05) is 7.11 Å². The summed E-state index contributed by atoms with van der Waals surface area (Å²) in [6.45, 7) is 10.2. The summed E-state index contributed by atoms with van der Waals surface area (Å²) in [4.78, 5) is 14.1. The van der Waals surface area contributed by atoms with Crippen LogP contribution >= 0.6 is 11.3 Å². The molecule has 3 rings (SSSR count). The van der Waals surface area contributed by atoms with Crippen molar-refractivity contribution in [1.29, 1.82) is 0 Å². The van der Waals surface area contributed by atoms with Crippen molar-refractivity contribution in [3.05, 3.63) is 28.8 Å². The number of methoxy groups -OCH3 is 1. The molecular weight excluding hydrogens is 334 g/mol. The van der Waals surface area contributed by atoms with Gasteiger partial charge in [-0.2, -0.15) is 4.98 Å². The molecule has 0 fully saturated rings. The van der Waals surface area contributed by atoms with Crippen molar-refractivity contribution in [1.82, 2.24) is 15.0 Å². The second-order valence-electron chi connectivity index (χ2n) is 6.54. The fourth-order valence-corrected chi connectivity index (χ4v) is 3.48. The maximum atomic E-state index is 5.96. The predicted molar refractivity (Wildman–Crippen MR) is 102 cm³/mol. The van der Waals surface area contributed by atoms with Crippen LogP contribution in [-0.4, -0.2) is 28.2 Å². The van der Waals surface area contributed by atoms with Gasteiger partial charge in [-0.15, -0.1) is 11.3 Å². The molecule has 2 aromatic heterocycles. The van der Waals surface area contributed by atoms with E-state index in [1.807, 2.05) is 32.9 Å². The molecule has 25 heavy (non-hydrogen) atoms. The molecule has 0 aliphatic heterocycles. The second kappa shape index (κ2) is 6.96. The number of thiazole rings is 1. The van der Waals surface area contributed by atoms with Gasteiger partial charge in [0.15, 0.2) is 10.8 Å². The zero-order chi connectivity index (χ0) is 18.1. The Labute approximate surface area is 152 Å². The Balaban J connectivity index is 2.22. The van der Waals surface area contributed by atoms with Crippen molar-refractivity contribution < 1.29 is 9.47 Å². The van der Waals surface area contributed by atoms with E-state index in [0.717, 1.165) is 32.9 Å². The van der Waals surface area contributed by atoms with Crippen LogP contribution in [0.15, 0.2) is 17.5 Å². The third-order valence-electron chi connectivity index (χ3n) is 3.91. The summed E-state index contributed by atoms with van der Waals surface area (Å²) in [6.07, 6.45) is 0.0240. The summed E-state index contributed by atoms with van der Waals surface area (Å²) >= 11 is 1.56. The molecule has 0 amide bonds. The number of fused-ring (bicyclic) bond motifs is 1. The van der Waals surface area contributed by atoms with Crippen LogP contribution < -0.4 is 9.47 Å². The fraction of sp³-hybridized carbons (Fsp3) is 0.421. The number of rotatable bonds is 5. The van der Waals surface area contributed by atoms with Crippen LogP contribution in [0.4, 0.5) is 0 Å². The van der Waals surface area contributed by atoms with Crippen LogP contribution in [0.2, 0.25) is 0 Å². The highest BCUT2D eigenvalue weighted by molar-refractivity contribution is 7.13. The van der Waals surface area contributed by atoms with Gasteiger partial charge in [-0.3, -0.25) is 0 Å². The van der Waals surface area contributed by atoms with E-state index >= 15 is 0 Å². The number of hydrogen-bond donors (Lipinski definition) is 0. The highest BCUT2D eigenvalue weighted by Crippen LogP contribution is 2.34. The lowest BCUT2D eigenvalue weighted by Crippen LogP contribution is -2.09. The van der Waals surface area contributed by atoms with E-state index in [0.29, 0.717) is 17.6 Å². The van der Waals surface area contributed by atoms with Gasteiger partial charge in [-0.05, 0) is 38.8 Å². The van der Waals surface area contributed by atoms with Crippen molar-refractivity contribution in [2.45, 2.75) is 46.6 Å². The summed E-state index contributed by atoms with van der Waals surface area (Å²) in [5, 5.41) is 3.76. The van der Waals surface area contributed by atoms with E-state index < -0.39 is 0 Å². The van der Waals surface area contributed by atoms with E-state index in [9.17, 15) is 0 Å². The lowest BCUT2D eigenvalue weighted by molar-refractivity contribution is 0.236. The van der Waals surface area contributed by atoms with Crippen LogP contribution in [0, 0.1) is 6.92 Å². The lowest BCUT2D eigenvalue weighted by Gasteiger charge is -2.14. The molecule has 0 spiro atoms. The molecule has 0 bridgehead atoms. The molecule has 0 radical (unpaired) electrons. The average Bonchev–Trinajstić information content (AvgIpc) is 3.05. The van der Waals surface area contributed by atoms with Gasteiger partial charge < -0.3 is 9.47 Å². The molecule has 0 unspecified atom stereocenters. The smallest absolute Gasteiger partial charge is 0.225 e. The molecule has 1 aromatic carbocycles. The quantitative estimate of drug-likeness (QED) is 0.644. The molecule has 5 nitrogen and oxygen atoms in total. The Bertz CT molecular complexity index is 903. The zero-order valence-corrected chi connectivity index (χ0v) is 16.3. The Hall–Kier alpha value is -2.21. The van der Waals surface area contributed by atoms with Crippen LogP contribution in [0.3, 0.4) is 0 Å². The Morgan fingerprint density at radius 3 is 2.40 bits per heavy atom. The summed E-state index contributed by atoms with van der Waals surface area (Å²) in [7, 11) is 1.66. The topological polar surface area (TPSA) is 57.1 Å². The monoisotopic (exact) mass is 357 g/mol. The van der Waals surface area contributed by atoms with Gasteiger partial charge in [0.1, 0.15) is 5.75 Å². The first-order chi connectivity index (χ1) is 11.9. The highest BCUT2D eigenvalue weighted by atomic mass is 32.1. The fourth-order valence-electron chi connectivity index (χ4n) is 2.57. The van der Waals surface area contributed by atoms with Gasteiger partial charge in [-0.1, -0.05) is 13.8 Å². The largest absolute Gasteiger partial charge is 0.496 e. The first-order valence-corrected chi connectivity index (χ1v) is 9.26. The second-order valence-corrected chi connectivity index (χ2v) is 7.40. The normalized spacial score (nSPS) is 11.5. The number of aryl methyl sites for hydroxylation is 1. The van der Waals surface area contributed by atoms with E-state index in [-0.39, 0.29) is 6.10 Å². The Kier molecular flexibility index (Phi) is 4.90. The highest BCUT2D eigenvalue weighted by Gasteiger charge is 2.17. The van der Waals surface area contributed by atoms with Gasteiger partial charge in [0, 0.05) is 10.9 Å². The van der Waals surface area contributed by atoms with Crippen LogP contribution in [0.1, 0.15) is 44.9 Å². The minimum atomic E-state index is 0.0240. The lowest BCUT2D eigenvalue weighted by atomic mass is 10.1. The minimum Gasteiger partial charge on any atom is -0.496 e. The number of nitrogens with zero attached hydrogens (tertiary/aromatic N) is 3. The zero-order valence-electron chi connectivity index (χ0n) is 15.5. The number of hydrogen-bond acceptors (Lipinski definition) is 6. The predicted octanol–water partition coefficient (Wildman–Crippen LogP) is 4.98. The Morgan fingerprint density at radius 2 is 1.80 bits per heavy atom. The van der Waals surface area contributed by atoms with Gasteiger partial charge >= 0.3 is 0 Å². The molecule has 0 saturated carbocycles. The van der Waals surface area contributed by atoms with E-state index in [1.165, 1.54) is 0 Å². The average molecular weight is 357 g/mol. The van der Waals surface area contributed by atoms with E-state index in [4.69, 9.17) is 14.5 Å². The number of aromatic nitrogens is 3. The SMILES string of the molecule is COc1ccc2c(OC(C)C)nc(-c3nc(C(C)C)cs3)nc2c1C. The molecule has 6 heteroatoms. The first kappa shape index (κ1) is 17.6. The van der Waals surface area contributed by atoms with Crippen molar-refractivity contribution in [3.8, 4) is 22.5 Å². The number of benzene rings is 1. The molecule has 132 valence electrons. The van der Waals surface area contributed by atoms with Gasteiger partial charge in [-0.25, -0.2) is 9.97 Å². The maximum absolute atomic E-state index is 5.96. The van der Waals surface area contributed by atoms with E-state index in [1.54, 1.807) is 18.4 Å². The van der Waals surface area contributed by atoms with Crippen molar-refractivity contribution in [3.63, 3.8) is 0 Å². The third-order valence-corrected chi connectivity index (χ3v) is 4.77. The van der Waals surface area contributed by atoms with Crippen molar-refractivity contribution >= 4 is 22.2 Å². The maximum Gasteiger partial charge on any atom is 0.225 e. The molecule has 0 aliphatic rings. The first-order valence-electron chi connectivity index (χ1n) is 8.38. The van der Waals surface area contributed by atoms with Gasteiger partial charge in [0.05, 0.1) is 29.8 Å². The molecule has 0 N–H and O–H groups in total. The molecule has 0 atom stereocenters. The summed E-state index contributed by atoms with van der Waals surface area (Å²) in [5.74, 6) is 2.35. The molecule has 2 heterocycles. The Morgan fingerprint density at radius 1 is 1.04 bits per heavy atom. The standard InChI is InChI=1S/C19H23N3O2S/c1-10(2)14-9-25-19(20-14)17-21-16-12(5)15(23-6)8-7-13(16)18(22-17)24-11(3)4/h7-11H,1-6H3. The summed E-state index contributed by atoms with van der Waals surface area (Å²) in [6, 6.07) is 3.87. The molecule has 0 aliphatic carbocycles. The summed E-state index contributed by atoms with van der Waals surface area (Å²) < 4.78 is 11.4. The molecular formula is C19H23N3O2S. The third kappa shape index (κ3) is 3.44. The van der Waals surface area contributed by atoms with Crippen LogP contribution in [0.5, 0.6) is 11.6 Å². The van der Waals surface area contributed by atoms with Gasteiger partial charge in [0.2, 0.25) is 5.88 Å². The van der Waals surface area contributed by atoms with Crippen LogP contribution in [0.25, 0.3) is 21.7 Å². The van der Waals surface area contributed by atoms with E-state index in [2.05, 4.69) is 29.2 Å². The van der Waals surface area contributed by atoms with Crippen molar-refractivity contribution in [2.24, 2.45) is 0 Å². The van der Waals surface area contributed by atoms with Crippen LogP contribution in [-0.2, 0) is 0 Å². The summed E-state index contributed by atoms with van der Waals surface area (Å²) in [5.41, 5.74) is 2.86. The number of ether oxygens (including phenoxy) is 2.